The van der Waals surface area contributed by atoms with Crippen molar-refractivity contribution in [2.45, 2.75) is 70.0 Å². The Balaban J connectivity index is 0.000000804. The number of hydrogen-bond donors (Lipinski definition) is 0. The first kappa shape index (κ1) is 28.1. The van der Waals surface area contributed by atoms with E-state index in [1.807, 2.05) is 3.28 Å². The molecule has 1 unspecified atom stereocenters. The average molecular weight is 516 g/mol. The Morgan fingerprint density at radius 3 is 2.25 bits per heavy atom. The van der Waals surface area contributed by atoms with E-state index in [0.717, 1.165) is 3.63 Å². The van der Waals surface area contributed by atoms with Gasteiger partial charge in [-0.25, -0.2) is 0 Å². The van der Waals surface area contributed by atoms with Crippen molar-refractivity contribution in [3.8, 4) is 0 Å². The molecule has 0 aromatic heterocycles. The fourth-order valence-electron chi connectivity index (χ4n) is 3.87. The second-order valence-corrected chi connectivity index (χ2v) is 23.9. The van der Waals surface area contributed by atoms with E-state index in [9.17, 15) is 0 Å². The van der Waals surface area contributed by atoms with Gasteiger partial charge in [0.15, 0.2) is 0 Å². The van der Waals surface area contributed by atoms with E-state index in [2.05, 4.69) is 82.8 Å². The Kier molecular flexibility index (Phi) is 15.1. The summed E-state index contributed by atoms with van der Waals surface area (Å²) in [5.74, 6) is 0.696. The van der Waals surface area contributed by atoms with Gasteiger partial charge in [-0.15, -0.1) is 0 Å². The molecule has 0 saturated heterocycles. The molecule has 1 aromatic rings. The summed E-state index contributed by atoms with van der Waals surface area (Å²) in [5.41, 5.74) is 4.71. The van der Waals surface area contributed by atoms with E-state index in [-0.39, 0.29) is 31.5 Å². The first-order chi connectivity index (χ1) is 12.6. The third-order valence-electron chi connectivity index (χ3n) is 5.49. The Morgan fingerprint density at radius 1 is 1.07 bits per heavy atom. The molecule has 0 amide bonds. The molecule has 0 spiro atoms. The molecule has 0 N–H and O–H groups in total. The third kappa shape index (κ3) is 7.75. The van der Waals surface area contributed by atoms with Gasteiger partial charge in [-0.2, -0.15) is 0 Å². The van der Waals surface area contributed by atoms with Crippen molar-refractivity contribution < 1.29 is 45.7 Å². The van der Waals surface area contributed by atoms with Crippen LogP contribution in [0.3, 0.4) is 0 Å². The first-order valence-corrected chi connectivity index (χ1v) is 20.6. The monoisotopic (exact) mass is 513 g/mol. The van der Waals surface area contributed by atoms with Crippen molar-refractivity contribution in [1.29, 1.82) is 0 Å². The number of benzene rings is 1. The molecular formula is C24H37Cl2SiZr. The van der Waals surface area contributed by atoms with Crippen LogP contribution in [0.2, 0.25) is 6.55 Å². The summed E-state index contributed by atoms with van der Waals surface area (Å²) in [5, 5.41) is 0. The maximum Gasteiger partial charge on any atom is -1.00 e. The van der Waals surface area contributed by atoms with Crippen LogP contribution < -0.4 is 24.8 Å². The van der Waals surface area contributed by atoms with Crippen LogP contribution in [0.15, 0.2) is 51.3 Å². The number of hydrogen-bond acceptors (Lipinski definition) is 0. The van der Waals surface area contributed by atoms with Gasteiger partial charge in [0.2, 0.25) is 0 Å². The molecule has 3 rings (SSSR count). The van der Waals surface area contributed by atoms with Crippen molar-refractivity contribution in [1.82, 2.24) is 0 Å². The van der Waals surface area contributed by atoms with Gasteiger partial charge in [-0.3, -0.25) is 0 Å². The average Bonchev–Trinajstić information content (AvgIpc) is 3.30. The van der Waals surface area contributed by atoms with Gasteiger partial charge < -0.3 is 24.8 Å². The molecule has 0 radical (unpaired) electrons. The molecule has 2 aliphatic rings. The van der Waals surface area contributed by atoms with Gasteiger partial charge in [0, 0.05) is 0 Å². The van der Waals surface area contributed by atoms with Crippen LogP contribution in [-0.4, -0.2) is 6.65 Å². The molecule has 1 atom stereocenters. The number of rotatable bonds is 7. The summed E-state index contributed by atoms with van der Waals surface area (Å²) in [6.45, 7) is 11.8. The van der Waals surface area contributed by atoms with E-state index in [1.54, 1.807) is 11.1 Å². The van der Waals surface area contributed by atoms with E-state index in [4.69, 9.17) is 0 Å². The number of fused-ring (bicyclic) bond motifs is 1. The van der Waals surface area contributed by atoms with E-state index in [0.29, 0.717) is 5.92 Å². The molecule has 4 heteroatoms. The standard InChI is InChI=1S/C9H7.C8H11.C6H14.CH5Si.2ClH.Zr/c1-2-5-9-7-3-6-8(9)4-1;1-7(2)8-5-3-4-6-8;1-3-5-6-4-2;1-2;;;/h1-7H;5-7H,3H2,1-2H3;3-6H2,1-2H3;2H2,1H3;2*1H;/q;;;;;;+2/p-2. The van der Waals surface area contributed by atoms with Crippen molar-refractivity contribution in [2.75, 3.05) is 0 Å². The Hall–Kier alpha value is 0.120. The van der Waals surface area contributed by atoms with E-state index in [1.165, 1.54) is 37.7 Å². The van der Waals surface area contributed by atoms with Crippen molar-refractivity contribution in [3.63, 3.8) is 0 Å². The second kappa shape index (κ2) is 15.0. The molecule has 0 fully saturated rings. The van der Waals surface area contributed by atoms with Gasteiger partial charge in [0.25, 0.3) is 0 Å². The summed E-state index contributed by atoms with van der Waals surface area (Å²) >= 11 is -1.43. The zero-order valence-electron chi connectivity index (χ0n) is 18.3. The fraction of sp³-hybridized carbons (Fsp3) is 0.500. The van der Waals surface area contributed by atoms with Crippen LogP contribution in [0.1, 0.15) is 74.6 Å². The van der Waals surface area contributed by atoms with Crippen LogP contribution in [0.5, 0.6) is 0 Å². The maximum atomic E-state index is 2.59. The molecule has 0 saturated carbocycles. The SMILES string of the molecule is CCCCCC.C[SiH2][Zr+2]([C]1=CC(C(C)C)=CC1)[CH]1C=Cc2ccccc21.[Cl-].[Cl-]. The second-order valence-electron chi connectivity index (χ2n) is 7.78. The van der Waals surface area contributed by atoms with Crippen LogP contribution in [0.4, 0.5) is 0 Å². The summed E-state index contributed by atoms with van der Waals surface area (Å²) in [6.07, 6.45) is 16.8. The molecule has 155 valence electrons. The van der Waals surface area contributed by atoms with Gasteiger partial charge >= 0.3 is 132 Å². The molecule has 0 heterocycles. The van der Waals surface area contributed by atoms with Gasteiger partial charge in [0.1, 0.15) is 0 Å². The number of unbranched alkanes of at least 4 members (excludes halogenated alkanes) is 3. The van der Waals surface area contributed by atoms with E-state index < -0.39 is 20.9 Å². The molecule has 0 bridgehead atoms. The van der Waals surface area contributed by atoms with Gasteiger partial charge in [0.05, 0.1) is 0 Å². The Morgan fingerprint density at radius 2 is 1.71 bits per heavy atom. The molecule has 28 heavy (non-hydrogen) atoms. The Bertz CT molecular complexity index is 660. The predicted molar refractivity (Wildman–Crippen MR) is 118 cm³/mol. The molecule has 0 nitrogen and oxygen atoms in total. The largest absolute Gasteiger partial charge is 1.00 e. The number of halogens is 2. The molecule has 1 aromatic carbocycles. The predicted octanol–water partition coefficient (Wildman–Crippen LogP) is 0.969. The topological polar surface area (TPSA) is 0 Å². The summed E-state index contributed by atoms with van der Waals surface area (Å²) in [6, 6.07) is 9.05. The smallest absolute Gasteiger partial charge is 1.00 e. The van der Waals surface area contributed by atoms with Crippen molar-refractivity contribution in [2.24, 2.45) is 5.92 Å². The van der Waals surface area contributed by atoms with Crippen LogP contribution in [0.25, 0.3) is 6.08 Å². The minimum Gasteiger partial charge on any atom is -1.00 e. The minimum atomic E-state index is -1.43. The molecular weight excluding hydrogens is 478 g/mol. The molecule has 0 aliphatic heterocycles. The normalized spacial score (nSPS) is 16.7. The maximum absolute atomic E-state index is 2.59. The molecule has 2 aliphatic carbocycles. The number of allylic oxidation sites excluding steroid dienone is 5. The van der Waals surface area contributed by atoms with Crippen LogP contribution in [-0.2, 0) is 20.9 Å². The quantitative estimate of drug-likeness (QED) is 0.375. The van der Waals surface area contributed by atoms with Crippen LogP contribution in [0, 0.1) is 5.92 Å². The summed E-state index contributed by atoms with van der Waals surface area (Å²) in [7, 11) is 0. The van der Waals surface area contributed by atoms with E-state index >= 15 is 0 Å². The van der Waals surface area contributed by atoms with Crippen molar-refractivity contribution >= 4 is 12.7 Å². The fourth-order valence-corrected chi connectivity index (χ4v) is 20.0. The third-order valence-corrected chi connectivity index (χ3v) is 23.1. The Labute approximate surface area is 195 Å². The summed E-state index contributed by atoms with van der Waals surface area (Å²) in [4.78, 5) is 0. The zero-order chi connectivity index (χ0) is 18.9. The van der Waals surface area contributed by atoms with Crippen molar-refractivity contribution in [3.05, 3.63) is 62.5 Å². The van der Waals surface area contributed by atoms with Gasteiger partial charge in [-0.05, 0) is 0 Å². The zero-order valence-corrected chi connectivity index (χ0v) is 23.7. The summed E-state index contributed by atoms with van der Waals surface area (Å²) < 4.78 is 2.72. The minimum absolute atomic E-state index is 0. The first-order valence-electron chi connectivity index (χ1n) is 10.7. The van der Waals surface area contributed by atoms with Crippen LogP contribution >= 0.6 is 0 Å². The van der Waals surface area contributed by atoms with Gasteiger partial charge in [-0.1, -0.05) is 39.5 Å².